The van der Waals surface area contributed by atoms with Crippen molar-refractivity contribution in [2.75, 3.05) is 0 Å². The molecule has 0 saturated carbocycles. The highest BCUT2D eigenvalue weighted by Crippen LogP contribution is 2.30. The summed E-state index contributed by atoms with van der Waals surface area (Å²) in [6.45, 7) is 0. The first-order valence-corrected chi connectivity index (χ1v) is 10.2. The van der Waals surface area contributed by atoms with Crippen LogP contribution < -0.4 is 4.72 Å². The third kappa shape index (κ3) is 4.15. The molecule has 0 aliphatic heterocycles. The van der Waals surface area contributed by atoms with Crippen LogP contribution in [0.3, 0.4) is 0 Å². The fourth-order valence-corrected chi connectivity index (χ4v) is 4.93. The fraction of sp³-hybridized carbons (Fsp3) is 0.250. The van der Waals surface area contributed by atoms with Gasteiger partial charge in [-0.25, -0.2) is 13.1 Å². The van der Waals surface area contributed by atoms with Gasteiger partial charge in [-0.3, -0.25) is 20.2 Å². The number of hydrogen-bond acceptors (Lipinski definition) is 6. The van der Waals surface area contributed by atoms with Gasteiger partial charge in [0.25, 0.3) is 11.4 Å². The van der Waals surface area contributed by atoms with Gasteiger partial charge >= 0.3 is 0 Å². The lowest BCUT2D eigenvalue weighted by Crippen LogP contribution is -2.39. The molecule has 142 valence electrons. The second-order valence-corrected chi connectivity index (χ2v) is 8.74. The number of rotatable bonds is 5. The minimum absolute atomic E-state index is 0.418. The number of hydrogen-bond donors (Lipinski definition) is 1. The molecular weight excluding hydrogens is 442 g/mol. The van der Waals surface area contributed by atoms with Crippen molar-refractivity contribution in [1.82, 2.24) is 4.72 Å². The van der Waals surface area contributed by atoms with Crippen molar-refractivity contribution in [2.24, 2.45) is 0 Å². The number of halogens is 1. The molecule has 11 heteroatoms. The average molecular weight is 456 g/mol. The zero-order valence-corrected chi connectivity index (χ0v) is 16.2. The summed E-state index contributed by atoms with van der Waals surface area (Å²) in [6.07, 6.45) is 1.68. The Morgan fingerprint density at radius 3 is 2.44 bits per heavy atom. The number of non-ortho nitro benzene ring substituents is 1. The normalized spacial score (nSPS) is 16.6. The van der Waals surface area contributed by atoms with Crippen molar-refractivity contribution in [3.63, 3.8) is 0 Å². The van der Waals surface area contributed by atoms with E-state index in [1.54, 1.807) is 0 Å². The molecule has 3 rings (SSSR count). The minimum Gasteiger partial charge on any atom is -0.258 e. The quantitative estimate of drug-likeness (QED) is 0.543. The Morgan fingerprint density at radius 2 is 1.78 bits per heavy atom. The van der Waals surface area contributed by atoms with Crippen molar-refractivity contribution in [2.45, 2.75) is 30.2 Å². The van der Waals surface area contributed by atoms with E-state index in [1.165, 1.54) is 0 Å². The van der Waals surface area contributed by atoms with Gasteiger partial charge in [-0.05, 0) is 48.6 Å². The molecule has 0 aromatic heterocycles. The molecule has 0 amide bonds. The average Bonchev–Trinajstić information content (AvgIpc) is 2.61. The molecular formula is C16H14BrN3O6S. The molecule has 0 fully saturated rings. The van der Waals surface area contributed by atoms with Gasteiger partial charge in [0, 0.05) is 16.6 Å². The first-order chi connectivity index (χ1) is 12.7. The van der Waals surface area contributed by atoms with Crippen LogP contribution in [0.15, 0.2) is 45.8 Å². The molecule has 27 heavy (non-hydrogen) atoms. The summed E-state index contributed by atoms with van der Waals surface area (Å²) in [5, 5.41) is 22.0. The first kappa shape index (κ1) is 19.4. The van der Waals surface area contributed by atoms with Gasteiger partial charge in [0.1, 0.15) is 0 Å². The van der Waals surface area contributed by atoms with Gasteiger partial charge in [0.2, 0.25) is 10.0 Å². The lowest BCUT2D eigenvalue weighted by atomic mass is 9.89. The largest absolute Gasteiger partial charge is 0.296 e. The highest BCUT2D eigenvalue weighted by Gasteiger charge is 2.31. The highest BCUT2D eigenvalue weighted by molar-refractivity contribution is 9.10. The monoisotopic (exact) mass is 455 g/mol. The Bertz CT molecular complexity index is 1040. The maximum Gasteiger partial charge on any atom is 0.296 e. The Kier molecular flexibility index (Phi) is 5.27. The van der Waals surface area contributed by atoms with E-state index >= 15 is 0 Å². The first-order valence-electron chi connectivity index (χ1n) is 7.90. The zero-order valence-electron chi connectivity index (χ0n) is 13.8. The van der Waals surface area contributed by atoms with E-state index in [-0.39, 0.29) is 0 Å². The molecule has 2 aromatic rings. The van der Waals surface area contributed by atoms with Gasteiger partial charge in [0.15, 0.2) is 4.90 Å². The fourth-order valence-electron chi connectivity index (χ4n) is 3.10. The Morgan fingerprint density at radius 1 is 1.04 bits per heavy atom. The summed E-state index contributed by atoms with van der Waals surface area (Å²) in [5.74, 6) is 0. The predicted molar refractivity (Wildman–Crippen MR) is 100 cm³/mol. The molecule has 0 saturated heterocycles. The number of fused-ring (bicyclic) bond motifs is 1. The molecule has 9 nitrogen and oxygen atoms in total. The SMILES string of the molecule is O=[N+]([O-])c1ccc(S(=O)(=O)NC2CCc3cc(Br)ccc3C2)c([N+](=O)[O-])c1. The van der Waals surface area contributed by atoms with Crippen molar-refractivity contribution in [3.8, 4) is 0 Å². The lowest BCUT2D eigenvalue weighted by molar-refractivity contribution is -0.396. The summed E-state index contributed by atoms with van der Waals surface area (Å²) in [6, 6.07) is 7.84. The second kappa shape index (κ2) is 7.33. The van der Waals surface area contributed by atoms with Crippen LogP contribution in [0, 0.1) is 20.2 Å². The summed E-state index contributed by atoms with van der Waals surface area (Å²) >= 11 is 3.40. The summed E-state index contributed by atoms with van der Waals surface area (Å²) in [4.78, 5) is 19.7. The molecule has 1 N–H and O–H groups in total. The van der Waals surface area contributed by atoms with Gasteiger partial charge in [-0.15, -0.1) is 0 Å². The van der Waals surface area contributed by atoms with Crippen molar-refractivity contribution >= 4 is 37.3 Å². The number of nitrogens with one attached hydrogen (secondary N) is 1. The summed E-state index contributed by atoms with van der Waals surface area (Å²) in [7, 11) is -4.21. The van der Waals surface area contributed by atoms with Crippen LogP contribution in [-0.4, -0.2) is 24.3 Å². The molecule has 1 unspecified atom stereocenters. The number of nitro groups is 2. The standard InChI is InChI=1S/C16H14BrN3O6S/c17-12-3-1-11-8-13(4-2-10(11)7-12)18-27(25,26)16-6-5-14(19(21)22)9-15(16)20(23)24/h1,3,5-7,9,13,18H,2,4,8H2. The van der Waals surface area contributed by atoms with Gasteiger partial charge in [-0.1, -0.05) is 22.0 Å². The molecule has 0 radical (unpaired) electrons. The third-order valence-electron chi connectivity index (χ3n) is 4.36. The van der Waals surface area contributed by atoms with Crippen LogP contribution in [0.5, 0.6) is 0 Å². The number of nitro benzene ring substituents is 2. The van der Waals surface area contributed by atoms with Crippen LogP contribution in [0.4, 0.5) is 11.4 Å². The lowest BCUT2D eigenvalue weighted by Gasteiger charge is -2.25. The zero-order chi connectivity index (χ0) is 19.8. The van der Waals surface area contributed by atoms with Crippen LogP contribution in [0.2, 0.25) is 0 Å². The maximum absolute atomic E-state index is 12.7. The number of sulfonamides is 1. The smallest absolute Gasteiger partial charge is 0.258 e. The van der Waals surface area contributed by atoms with Gasteiger partial charge in [0.05, 0.1) is 15.9 Å². The molecule has 1 aliphatic rings. The van der Waals surface area contributed by atoms with Gasteiger partial charge < -0.3 is 0 Å². The predicted octanol–water partition coefficient (Wildman–Crippen LogP) is 3.10. The van der Waals surface area contributed by atoms with Gasteiger partial charge in [-0.2, -0.15) is 0 Å². The van der Waals surface area contributed by atoms with Crippen LogP contribution in [-0.2, 0) is 22.9 Å². The summed E-state index contributed by atoms with van der Waals surface area (Å²) in [5.41, 5.74) is 0.770. The molecule has 0 spiro atoms. The maximum atomic E-state index is 12.7. The number of nitrogens with zero attached hydrogens (tertiary/aromatic N) is 2. The topological polar surface area (TPSA) is 132 Å². The molecule has 0 heterocycles. The Labute approximate surface area is 162 Å². The van der Waals surface area contributed by atoms with Crippen LogP contribution in [0.25, 0.3) is 0 Å². The van der Waals surface area contributed by atoms with E-state index in [0.29, 0.717) is 25.3 Å². The van der Waals surface area contributed by atoms with E-state index in [4.69, 9.17) is 0 Å². The highest BCUT2D eigenvalue weighted by atomic mass is 79.9. The van der Waals surface area contributed by atoms with E-state index in [1.807, 2.05) is 18.2 Å². The molecule has 0 bridgehead atoms. The molecule has 2 aromatic carbocycles. The van der Waals surface area contributed by atoms with E-state index in [2.05, 4.69) is 20.7 Å². The van der Waals surface area contributed by atoms with E-state index < -0.39 is 42.2 Å². The Balaban J connectivity index is 1.88. The van der Waals surface area contributed by atoms with Crippen molar-refractivity contribution in [1.29, 1.82) is 0 Å². The van der Waals surface area contributed by atoms with E-state index in [9.17, 15) is 28.6 Å². The van der Waals surface area contributed by atoms with Crippen LogP contribution in [0.1, 0.15) is 17.5 Å². The third-order valence-corrected chi connectivity index (χ3v) is 6.42. The Hall–Kier alpha value is -2.37. The van der Waals surface area contributed by atoms with Crippen molar-refractivity contribution < 1.29 is 18.3 Å². The second-order valence-electron chi connectivity index (χ2n) is 6.14. The number of aryl methyl sites for hydroxylation is 1. The van der Waals surface area contributed by atoms with E-state index in [0.717, 1.165) is 27.7 Å². The summed E-state index contributed by atoms with van der Waals surface area (Å²) < 4.78 is 28.8. The van der Waals surface area contributed by atoms with Crippen LogP contribution >= 0.6 is 15.9 Å². The minimum atomic E-state index is -4.21. The molecule has 1 aliphatic carbocycles. The molecule has 1 atom stereocenters. The number of benzene rings is 2. The van der Waals surface area contributed by atoms with Crippen molar-refractivity contribution in [3.05, 3.63) is 72.2 Å².